The van der Waals surface area contributed by atoms with Crippen molar-refractivity contribution < 1.29 is 19.6 Å². The van der Waals surface area contributed by atoms with Gasteiger partial charge in [0.25, 0.3) is 0 Å². The SMILES string of the molecule is COc1cc(/C=N/NC(=O)Cc2csc(N)n2)cc([N+](=O)[O-])c1O. The van der Waals surface area contributed by atoms with E-state index in [4.69, 9.17) is 10.5 Å². The second-order valence-electron chi connectivity index (χ2n) is 4.50. The lowest BCUT2D eigenvalue weighted by Gasteiger charge is -2.05. The molecule has 0 aliphatic heterocycles. The van der Waals surface area contributed by atoms with Crippen molar-refractivity contribution in [2.45, 2.75) is 6.42 Å². The summed E-state index contributed by atoms with van der Waals surface area (Å²) in [4.78, 5) is 25.8. The molecule has 1 amide bonds. The second-order valence-corrected chi connectivity index (χ2v) is 5.38. The lowest BCUT2D eigenvalue weighted by Crippen LogP contribution is -2.19. The lowest BCUT2D eigenvalue weighted by atomic mass is 10.2. The van der Waals surface area contributed by atoms with E-state index < -0.39 is 22.3 Å². The Labute approximate surface area is 139 Å². The van der Waals surface area contributed by atoms with Gasteiger partial charge in [0.2, 0.25) is 11.7 Å². The standard InChI is InChI=1S/C13H13N5O5S/c1-23-10-3-7(2-9(12(10)20)18(21)22)5-15-17-11(19)4-8-6-24-13(14)16-8/h2-3,5-6,20H,4H2,1H3,(H2,14,16)(H,17,19)/b15-5+. The normalized spacial score (nSPS) is 10.7. The number of hydrogen-bond acceptors (Lipinski definition) is 9. The van der Waals surface area contributed by atoms with E-state index in [9.17, 15) is 20.0 Å². The molecule has 2 rings (SSSR count). The van der Waals surface area contributed by atoms with Crippen LogP contribution in [0.2, 0.25) is 0 Å². The fourth-order valence-corrected chi connectivity index (χ4v) is 2.33. The van der Waals surface area contributed by atoms with Crippen LogP contribution in [0.25, 0.3) is 0 Å². The van der Waals surface area contributed by atoms with Gasteiger partial charge in [-0.15, -0.1) is 11.3 Å². The Hall–Kier alpha value is -3.21. The quantitative estimate of drug-likeness (QED) is 0.399. The molecule has 10 nitrogen and oxygen atoms in total. The maximum atomic E-state index is 11.7. The van der Waals surface area contributed by atoms with Gasteiger partial charge in [0, 0.05) is 17.0 Å². The van der Waals surface area contributed by atoms with Crippen molar-refractivity contribution in [2.24, 2.45) is 5.10 Å². The van der Waals surface area contributed by atoms with Crippen molar-refractivity contribution in [3.8, 4) is 11.5 Å². The number of nitrogen functional groups attached to an aromatic ring is 1. The zero-order valence-corrected chi connectivity index (χ0v) is 13.2. The Kier molecular flexibility index (Phi) is 5.27. The number of phenols is 1. The molecule has 1 aromatic heterocycles. The Morgan fingerprint density at radius 1 is 1.62 bits per heavy atom. The zero-order chi connectivity index (χ0) is 17.7. The predicted octanol–water partition coefficient (Wildman–Crippen LogP) is 1.04. The van der Waals surface area contributed by atoms with Crippen molar-refractivity contribution in [3.05, 3.63) is 38.9 Å². The van der Waals surface area contributed by atoms with Crippen molar-refractivity contribution in [1.82, 2.24) is 10.4 Å². The summed E-state index contributed by atoms with van der Waals surface area (Å²) in [5.74, 6) is -1.07. The third-order valence-corrected chi connectivity index (χ3v) is 3.53. The molecule has 1 heterocycles. The zero-order valence-electron chi connectivity index (χ0n) is 12.4. The highest BCUT2D eigenvalue weighted by Gasteiger charge is 2.19. The minimum atomic E-state index is -0.750. The molecule has 11 heteroatoms. The van der Waals surface area contributed by atoms with Crippen LogP contribution in [0, 0.1) is 10.1 Å². The third-order valence-electron chi connectivity index (χ3n) is 2.81. The number of methoxy groups -OCH3 is 1. The summed E-state index contributed by atoms with van der Waals surface area (Å²) in [6, 6.07) is 2.45. The molecule has 0 fully saturated rings. The van der Waals surface area contributed by atoms with Crippen molar-refractivity contribution in [3.63, 3.8) is 0 Å². The van der Waals surface area contributed by atoms with Crippen LogP contribution >= 0.6 is 11.3 Å². The molecule has 0 spiro atoms. The van der Waals surface area contributed by atoms with Crippen LogP contribution < -0.4 is 15.9 Å². The molecular weight excluding hydrogens is 338 g/mol. The summed E-state index contributed by atoms with van der Waals surface area (Å²) in [7, 11) is 1.26. The first-order chi connectivity index (χ1) is 11.4. The van der Waals surface area contributed by atoms with Gasteiger partial charge in [-0.05, 0) is 6.07 Å². The molecule has 4 N–H and O–H groups in total. The van der Waals surface area contributed by atoms with Gasteiger partial charge in [-0.2, -0.15) is 5.10 Å². The predicted molar refractivity (Wildman–Crippen MR) is 87.3 cm³/mol. The molecule has 0 aliphatic rings. The van der Waals surface area contributed by atoms with Crippen LogP contribution in [0.3, 0.4) is 0 Å². The van der Waals surface area contributed by atoms with Crippen molar-refractivity contribution in [1.29, 1.82) is 0 Å². The monoisotopic (exact) mass is 351 g/mol. The molecule has 126 valence electrons. The number of nitrogens with one attached hydrogen (secondary N) is 1. The molecule has 1 aromatic carbocycles. The molecular formula is C13H13N5O5S. The number of nitrogens with zero attached hydrogens (tertiary/aromatic N) is 3. The van der Waals surface area contributed by atoms with Crippen LogP contribution in [0.1, 0.15) is 11.3 Å². The number of ether oxygens (including phenoxy) is 1. The summed E-state index contributed by atoms with van der Waals surface area (Å²) in [5, 5.41) is 26.3. The van der Waals surface area contributed by atoms with Crippen molar-refractivity contribution in [2.75, 3.05) is 12.8 Å². The molecule has 0 saturated carbocycles. The van der Waals surface area contributed by atoms with Gasteiger partial charge in [-0.3, -0.25) is 14.9 Å². The number of nitrogens with two attached hydrogens (primary N) is 1. The van der Waals surface area contributed by atoms with Gasteiger partial charge < -0.3 is 15.6 Å². The number of benzene rings is 1. The highest BCUT2D eigenvalue weighted by Crippen LogP contribution is 2.36. The number of phenolic OH excluding ortho intramolecular Hbond substituents is 1. The number of hydrogen-bond donors (Lipinski definition) is 3. The second kappa shape index (κ2) is 7.37. The number of nitro groups is 1. The topological polar surface area (TPSA) is 153 Å². The number of aromatic hydroxyl groups is 1. The first kappa shape index (κ1) is 17.1. The van der Waals surface area contributed by atoms with E-state index in [1.165, 1.54) is 30.7 Å². The van der Waals surface area contributed by atoms with Gasteiger partial charge in [-0.25, -0.2) is 10.4 Å². The fraction of sp³-hybridized carbons (Fsp3) is 0.154. The molecule has 0 aliphatic carbocycles. The van der Waals surface area contributed by atoms with Crippen LogP contribution in [0.15, 0.2) is 22.6 Å². The number of rotatable bonds is 6. The number of nitro benzene ring substituents is 1. The fourth-order valence-electron chi connectivity index (χ4n) is 1.77. The van der Waals surface area contributed by atoms with Crippen LogP contribution in [-0.4, -0.2) is 34.2 Å². The minimum absolute atomic E-state index is 0.00405. The number of anilines is 1. The maximum Gasteiger partial charge on any atom is 0.315 e. The first-order valence-electron chi connectivity index (χ1n) is 6.48. The number of amides is 1. The number of carbonyl (C=O) groups excluding carboxylic acids is 1. The highest BCUT2D eigenvalue weighted by molar-refractivity contribution is 7.13. The summed E-state index contributed by atoms with van der Waals surface area (Å²) in [6.07, 6.45) is 1.20. The minimum Gasteiger partial charge on any atom is -0.500 e. The van der Waals surface area contributed by atoms with Gasteiger partial charge in [0.05, 0.1) is 30.4 Å². The van der Waals surface area contributed by atoms with E-state index >= 15 is 0 Å². The van der Waals surface area contributed by atoms with Crippen molar-refractivity contribution >= 4 is 34.3 Å². The Balaban J connectivity index is 2.07. The number of thiazole rings is 1. The first-order valence-corrected chi connectivity index (χ1v) is 7.36. The summed E-state index contributed by atoms with van der Waals surface area (Å²) in [6.45, 7) is 0. The van der Waals surface area contributed by atoms with E-state index in [1.54, 1.807) is 5.38 Å². The molecule has 0 unspecified atom stereocenters. The van der Waals surface area contributed by atoms with Crippen LogP contribution in [0.5, 0.6) is 11.5 Å². The molecule has 0 atom stereocenters. The average molecular weight is 351 g/mol. The van der Waals surface area contributed by atoms with Crippen LogP contribution in [0.4, 0.5) is 10.8 Å². The van der Waals surface area contributed by atoms with Gasteiger partial charge in [-0.1, -0.05) is 0 Å². The van der Waals surface area contributed by atoms with Gasteiger partial charge in [0.1, 0.15) is 0 Å². The smallest absolute Gasteiger partial charge is 0.315 e. The maximum absolute atomic E-state index is 11.7. The summed E-state index contributed by atoms with van der Waals surface area (Å²) in [5.41, 5.74) is 8.00. The van der Waals surface area contributed by atoms with E-state index in [2.05, 4.69) is 15.5 Å². The van der Waals surface area contributed by atoms with E-state index in [-0.39, 0.29) is 17.7 Å². The summed E-state index contributed by atoms with van der Waals surface area (Å²) >= 11 is 1.22. The molecule has 0 saturated heterocycles. The number of carbonyl (C=O) groups is 1. The summed E-state index contributed by atoms with van der Waals surface area (Å²) < 4.78 is 4.86. The van der Waals surface area contributed by atoms with Crippen LogP contribution in [-0.2, 0) is 11.2 Å². The van der Waals surface area contributed by atoms with E-state index in [0.717, 1.165) is 6.07 Å². The van der Waals surface area contributed by atoms with Gasteiger partial charge in [0.15, 0.2) is 10.9 Å². The van der Waals surface area contributed by atoms with Gasteiger partial charge >= 0.3 is 5.69 Å². The average Bonchev–Trinajstić information content (AvgIpc) is 2.93. The molecule has 0 bridgehead atoms. The largest absolute Gasteiger partial charge is 0.500 e. The lowest BCUT2D eigenvalue weighted by molar-refractivity contribution is -0.386. The Morgan fingerprint density at radius 3 is 2.96 bits per heavy atom. The Morgan fingerprint density at radius 2 is 2.38 bits per heavy atom. The van der Waals surface area contributed by atoms with E-state index in [1.807, 2.05) is 0 Å². The van der Waals surface area contributed by atoms with E-state index in [0.29, 0.717) is 10.8 Å². The third kappa shape index (κ3) is 4.16. The molecule has 24 heavy (non-hydrogen) atoms. The molecule has 0 radical (unpaired) electrons. The Bertz CT molecular complexity index is 804. The number of hydrazone groups is 1. The highest BCUT2D eigenvalue weighted by atomic mass is 32.1. The number of aromatic nitrogens is 1. The molecule has 2 aromatic rings.